The number of hydrogen-bond donors (Lipinski definition) is 2. The molecule has 1 amide bonds. The van der Waals surface area contributed by atoms with Gasteiger partial charge >= 0.3 is 0 Å². The van der Waals surface area contributed by atoms with Gasteiger partial charge in [-0.25, -0.2) is 9.97 Å². The van der Waals surface area contributed by atoms with Gasteiger partial charge in [0.15, 0.2) is 0 Å². The summed E-state index contributed by atoms with van der Waals surface area (Å²) in [4.78, 5) is 21.4. The van der Waals surface area contributed by atoms with Crippen LogP contribution in [-0.2, 0) is 0 Å². The fourth-order valence-corrected chi connectivity index (χ4v) is 2.83. The second-order valence-corrected chi connectivity index (χ2v) is 6.91. The molecule has 5 heteroatoms. The van der Waals surface area contributed by atoms with Crippen molar-refractivity contribution in [1.82, 2.24) is 9.97 Å². The highest BCUT2D eigenvalue weighted by Crippen LogP contribution is 2.20. The molecule has 0 radical (unpaired) electrons. The molecule has 0 saturated heterocycles. The van der Waals surface area contributed by atoms with Crippen molar-refractivity contribution < 1.29 is 4.79 Å². The number of amides is 1. The number of aryl methyl sites for hydroxylation is 5. The fraction of sp³-hybridized carbons (Fsp3) is 0.227. The van der Waals surface area contributed by atoms with Gasteiger partial charge in [-0.3, -0.25) is 4.79 Å². The highest BCUT2D eigenvalue weighted by molar-refractivity contribution is 6.03. The van der Waals surface area contributed by atoms with E-state index in [4.69, 9.17) is 0 Å². The third-order valence-corrected chi connectivity index (χ3v) is 4.48. The zero-order chi connectivity index (χ0) is 19.6. The second-order valence-electron chi connectivity index (χ2n) is 6.91. The lowest BCUT2D eigenvalue weighted by Crippen LogP contribution is -2.15. The molecule has 2 N–H and O–H groups in total. The van der Waals surface area contributed by atoms with Crippen LogP contribution in [0.15, 0.2) is 42.5 Å². The first-order chi connectivity index (χ1) is 12.8. The van der Waals surface area contributed by atoms with Crippen molar-refractivity contribution in [2.75, 3.05) is 10.6 Å². The quantitative estimate of drug-likeness (QED) is 0.686. The van der Waals surface area contributed by atoms with Crippen molar-refractivity contribution in [3.63, 3.8) is 0 Å². The lowest BCUT2D eigenvalue weighted by atomic mass is 10.1. The third-order valence-electron chi connectivity index (χ3n) is 4.48. The molecule has 2 aromatic carbocycles. The molecule has 0 atom stereocenters. The number of benzene rings is 2. The SMILES string of the molecule is Cc1ccc(Nc2nc(C)cc(C(=O)Nc3ccc(C)c(C)c3)n2)c(C)c1. The summed E-state index contributed by atoms with van der Waals surface area (Å²) in [5.74, 6) is 0.152. The Morgan fingerprint density at radius 2 is 1.59 bits per heavy atom. The Morgan fingerprint density at radius 1 is 0.815 bits per heavy atom. The van der Waals surface area contributed by atoms with Crippen LogP contribution in [0.5, 0.6) is 0 Å². The van der Waals surface area contributed by atoms with Crippen molar-refractivity contribution in [3.8, 4) is 0 Å². The van der Waals surface area contributed by atoms with E-state index in [2.05, 4.69) is 33.6 Å². The van der Waals surface area contributed by atoms with E-state index in [0.29, 0.717) is 11.6 Å². The van der Waals surface area contributed by atoms with E-state index in [1.807, 2.05) is 58.0 Å². The van der Waals surface area contributed by atoms with E-state index in [1.165, 1.54) is 11.1 Å². The predicted octanol–water partition coefficient (Wildman–Crippen LogP) is 5.01. The number of rotatable bonds is 4. The van der Waals surface area contributed by atoms with Gasteiger partial charge in [-0.2, -0.15) is 0 Å². The molecule has 0 saturated carbocycles. The molecule has 3 rings (SSSR count). The maximum Gasteiger partial charge on any atom is 0.274 e. The highest BCUT2D eigenvalue weighted by atomic mass is 16.1. The van der Waals surface area contributed by atoms with Crippen LogP contribution < -0.4 is 10.6 Å². The highest BCUT2D eigenvalue weighted by Gasteiger charge is 2.12. The van der Waals surface area contributed by atoms with Gasteiger partial charge in [-0.15, -0.1) is 0 Å². The molecule has 0 spiro atoms. The average Bonchev–Trinajstić information content (AvgIpc) is 2.60. The summed E-state index contributed by atoms with van der Waals surface area (Å²) in [5.41, 5.74) is 7.33. The topological polar surface area (TPSA) is 66.9 Å². The molecular weight excluding hydrogens is 336 g/mol. The second kappa shape index (κ2) is 7.58. The molecule has 1 heterocycles. The Bertz CT molecular complexity index is 1010. The van der Waals surface area contributed by atoms with E-state index < -0.39 is 0 Å². The van der Waals surface area contributed by atoms with Crippen LogP contribution in [0, 0.1) is 34.6 Å². The summed E-state index contributed by atoms with van der Waals surface area (Å²) >= 11 is 0. The first-order valence-electron chi connectivity index (χ1n) is 8.90. The van der Waals surface area contributed by atoms with Crippen LogP contribution in [0.2, 0.25) is 0 Å². The molecule has 3 aromatic rings. The van der Waals surface area contributed by atoms with Crippen LogP contribution in [0.3, 0.4) is 0 Å². The average molecular weight is 360 g/mol. The van der Waals surface area contributed by atoms with Gasteiger partial charge in [-0.1, -0.05) is 23.8 Å². The molecule has 27 heavy (non-hydrogen) atoms. The largest absolute Gasteiger partial charge is 0.324 e. The van der Waals surface area contributed by atoms with Crippen LogP contribution in [0.1, 0.15) is 38.4 Å². The normalized spacial score (nSPS) is 10.6. The van der Waals surface area contributed by atoms with Gasteiger partial charge in [0.2, 0.25) is 5.95 Å². The van der Waals surface area contributed by atoms with Crippen molar-refractivity contribution in [1.29, 1.82) is 0 Å². The van der Waals surface area contributed by atoms with Crippen molar-refractivity contribution >= 4 is 23.2 Å². The third kappa shape index (κ3) is 4.50. The molecule has 138 valence electrons. The van der Waals surface area contributed by atoms with Gasteiger partial charge in [0.05, 0.1) is 0 Å². The molecule has 0 unspecified atom stereocenters. The summed E-state index contributed by atoms with van der Waals surface area (Å²) < 4.78 is 0. The van der Waals surface area contributed by atoms with Crippen molar-refractivity contribution in [3.05, 3.63) is 76.1 Å². The number of carbonyl (C=O) groups excluding carboxylic acids is 1. The number of nitrogens with one attached hydrogen (secondary N) is 2. The Morgan fingerprint density at radius 3 is 2.30 bits per heavy atom. The molecule has 0 aliphatic rings. The first-order valence-corrected chi connectivity index (χ1v) is 8.90. The molecular formula is C22H24N4O. The summed E-state index contributed by atoms with van der Waals surface area (Å²) in [5, 5.41) is 6.12. The van der Waals surface area contributed by atoms with E-state index in [0.717, 1.165) is 28.2 Å². The minimum atomic E-state index is -0.257. The number of anilines is 3. The van der Waals surface area contributed by atoms with E-state index in [-0.39, 0.29) is 5.91 Å². The minimum Gasteiger partial charge on any atom is -0.324 e. The zero-order valence-electron chi connectivity index (χ0n) is 16.3. The lowest BCUT2D eigenvalue weighted by Gasteiger charge is -2.11. The maximum absolute atomic E-state index is 12.6. The van der Waals surface area contributed by atoms with E-state index >= 15 is 0 Å². The van der Waals surface area contributed by atoms with Crippen molar-refractivity contribution in [2.24, 2.45) is 0 Å². The maximum atomic E-state index is 12.6. The van der Waals surface area contributed by atoms with Crippen LogP contribution in [0.4, 0.5) is 17.3 Å². The van der Waals surface area contributed by atoms with Crippen LogP contribution in [-0.4, -0.2) is 15.9 Å². The van der Waals surface area contributed by atoms with E-state index in [9.17, 15) is 4.79 Å². The van der Waals surface area contributed by atoms with Gasteiger partial charge in [-0.05, 0) is 75.6 Å². The number of aromatic nitrogens is 2. The Kier molecular flexibility index (Phi) is 5.21. The van der Waals surface area contributed by atoms with Crippen LogP contribution in [0.25, 0.3) is 0 Å². The molecule has 0 bridgehead atoms. The standard InChI is InChI=1S/C22H24N4O/c1-13-6-9-19(16(4)10-13)25-22-23-17(5)12-20(26-22)21(27)24-18-8-7-14(2)15(3)11-18/h6-12H,1-5H3,(H,24,27)(H,23,25,26). The van der Waals surface area contributed by atoms with Gasteiger partial charge in [0, 0.05) is 17.1 Å². The molecule has 1 aromatic heterocycles. The van der Waals surface area contributed by atoms with Crippen LogP contribution >= 0.6 is 0 Å². The number of hydrogen-bond acceptors (Lipinski definition) is 4. The smallest absolute Gasteiger partial charge is 0.274 e. The van der Waals surface area contributed by atoms with Gasteiger partial charge < -0.3 is 10.6 Å². The summed E-state index contributed by atoms with van der Waals surface area (Å²) in [7, 11) is 0. The Labute approximate surface area is 159 Å². The summed E-state index contributed by atoms with van der Waals surface area (Å²) in [6.07, 6.45) is 0. The molecule has 0 fully saturated rings. The first kappa shape index (κ1) is 18.6. The molecule has 5 nitrogen and oxygen atoms in total. The predicted molar refractivity (Wildman–Crippen MR) is 110 cm³/mol. The zero-order valence-corrected chi connectivity index (χ0v) is 16.3. The van der Waals surface area contributed by atoms with Crippen molar-refractivity contribution in [2.45, 2.75) is 34.6 Å². The molecule has 0 aliphatic carbocycles. The summed E-state index contributed by atoms with van der Waals surface area (Å²) in [6, 6.07) is 13.6. The van der Waals surface area contributed by atoms with Gasteiger partial charge in [0.25, 0.3) is 5.91 Å². The lowest BCUT2D eigenvalue weighted by molar-refractivity contribution is 0.102. The summed E-state index contributed by atoms with van der Waals surface area (Å²) in [6.45, 7) is 9.99. The molecule has 0 aliphatic heterocycles. The monoisotopic (exact) mass is 360 g/mol. The minimum absolute atomic E-state index is 0.257. The van der Waals surface area contributed by atoms with Gasteiger partial charge in [0.1, 0.15) is 5.69 Å². The number of nitrogens with zero attached hydrogens (tertiary/aromatic N) is 2. The Hall–Kier alpha value is -3.21. The Balaban J connectivity index is 1.83. The van der Waals surface area contributed by atoms with E-state index in [1.54, 1.807) is 6.07 Å². The fourth-order valence-electron chi connectivity index (χ4n) is 2.83. The number of carbonyl (C=O) groups is 1.